The predicted octanol–water partition coefficient (Wildman–Crippen LogP) is 7.80. The second-order valence-electron chi connectivity index (χ2n) is 17.2. The van der Waals surface area contributed by atoms with Gasteiger partial charge in [0.25, 0.3) is 5.91 Å². The summed E-state index contributed by atoms with van der Waals surface area (Å²) in [6, 6.07) is 44.0. The Hall–Kier alpha value is -6.21. The van der Waals surface area contributed by atoms with Gasteiger partial charge in [-0.2, -0.15) is 5.10 Å². The molecule has 1 aromatic heterocycles. The number of benzene rings is 5. The summed E-state index contributed by atoms with van der Waals surface area (Å²) in [5.74, 6) is 0.0132. The van der Waals surface area contributed by atoms with Crippen LogP contribution in [-0.4, -0.2) is 65.5 Å². The molecule has 316 valence electrons. The molecule has 2 amide bonds. The van der Waals surface area contributed by atoms with Gasteiger partial charge < -0.3 is 19.5 Å². The normalized spacial score (nSPS) is 21.6. The number of anilines is 2. The number of nitrogens with zero attached hydrogens (tertiary/aromatic N) is 6. The van der Waals surface area contributed by atoms with Crippen molar-refractivity contribution in [3.05, 3.63) is 168 Å². The van der Waals surface area contributed by atoms with Crippen molar-refractivity contribution < 1.29 is 24.2 Å². The van der Waals surface area contributed by atoms with Gasteiger partial charge in [-0.25, -0.2) is 5.01 Å². The molecule has 1 saturated heterocycles. The van der Waals surface area contributed by atoms with Crippen molar-refractivity contribution in [2.45, 2.75) is 75.5 Å². The lowest BCUT2D eigenvalue weighted by molar-refractivity contribution is -0.146. The van der Waals surface area contributed by atoms with E-state index in [9.17, 15) is 9.90 Å². The third-order valence-corrected chi connectivity index (χ3v) is 17.7. The molecule has 0 aliphatic carbocycles. The topological polar surface area (TPSA) is 122 Å². The summed E-state index contributed by atoms with van der Waals surface area (Å²) >= 11 is 0. The van der Waals surface area contributed by atoms with Crippen LogP contribution in [0.25, 0.3) is 0 Å². The lowest BCUT2D eigenvalue weighted by Gasteiger charge is -2.37. The highest BCUT2D eigenvalue weighted by Gasteiger charge is 2.66. The number of rotatable bonds is 13. The highest BCUT2D eigenvalue weighted by atomic mass is 28.3. The molecule has 0 saturated carbocycles. The molecule has 0 bridgehead atoms. The largest absolute Gasteiger partial charge is 0.497 e. The maximum Gasteiger partial charge on any atom is 0.264 e. The van der Waals surface area contributed by atoms with E-state index in [2.05, 4.69) is 42.5 Å². The number of aryl methyl sites for hydroxylation is 1. The van der Waals surface area contributed by atoms with E-state index in [0.717, 1.165) is 39.4 Å². The van der Waals surface area contributed by atoms with Crippen LogP contribution < -0.4 is 19.8 Å². The Morgan fingerprint density at radius 2 is 1.58 bits per heavy atom. The van der Waals surface area contributed by atoms with Crippen molar-refractivity contribution in [1.29, 1.82) is 0 Å². The van der Waals surface area contributed by atoms with Crippen LogP contribution in [0.4, 0.5) is 11.4 Å². The van der Waals surface area contributed by atoms with Gasteiger partial charge in [0.15, 0.2) is 5.60 Å². The number of hydrogen-bond acceptors (Lipinski definition) is 8. The van der Waals surface area contributed by atoms with Crippen molar-refractivity contribution in [1.82, 2.24) is 15.0 Å². The number of aliphatic hydroxyl groups is 1. The molecule has 1 unspecified atom stereocenters. The number of aromatic nitrogens is 3. The lowest BCUT2D eigenvalue weighted by Crippen LogP contribution is -2.51. The van der Waals surface area contributed by atoms with Crippen molar-refractivity contribution in [2.75, 3.05) is 23.6 Å². The Labute approximate surface area is 363 Å². The first kappa shape index (κ1) is 41.2. The number of hydrogen-bond donors (Lipinski definition) is 1. The van der Waals surface area contributed by atoms with E-state index in [1.807, 2.05) is 137 Å². The van der Waals surface area contributed by atoms with Gasteiger partial charge in [0.05, 0.1) is 63.1 Å². The zero-order valence-electron chi connectivity index (χ0n) is 35.6. The Morgan fingerprint density at radius 1 is 0.887 bits per heavy atom. The summed E-state index contributed by atoms with van der Waals surface area (Å²) in [5.41, 5.74) is 5.22. The zero-order chi connectivity index (χ0) is 43.0. The van der Waals surface area contributed by atoms with Crippen LogP contribution in [-0.2, 0) is 33.0 Å². The standard InChI is InChI=1S/C50H52N6O5Si/c1-34-48(62(3,4)40-23-21-39(60-2)22-24-40)46(28-29-54-32-44(51-53-54)41(33-57)36-16-10-6-11-17-36)61-50(34)42-30-38(56-47(58)27-25-43(52-56)37-18-12-7-13-19-37)20-26-45(42)55(49(50)59)31-35-14-8-5-9-15-35/h5-24,26,30,32,34,41,46,48,57H,25,27-29,31,33H2,1-4H3/t34-,41?,46+,48-,50+/m0/s1. The summed E-state index contributed by atoms with van der Waals surface area (Å²) in [6.07, 6.45) is 3.00. The first-order chi connectivity index (χ1) is 30.1. The molecule has 1 N–H and O–H groups in total. The molecule has 5 atom stereocenters. The molecule has 9 rings (SSSR count). The highest BCUT2D eigenvalue weighted by Crippen LogP contribution is 2.60. The molecule has 1 spiro atoms. The maximum absolute atomic E-state index is 15.6. The molecule has 1 fully saturated rings. The quantitative estimate of drug-likeness (QED) is 0.118. The molecule has 4 heterocycles. The Morgan fingerprint density at radius 3 is 2.27 bits per heavy atom. The monoisotopic (exact) mass is 844 g/mol. The fourth-order valence-electron chi connectivity index (χ4n) is 10.1. The Kier molecular flexibility index (Phi) is 11.2. The third-order valence-electron chi connectivity index (χ3n) is 13.3. The van der Waals surface area contributed by atoms with E-state index in [-0.39, 0.29) is 41.9 Å². The average Bonchev–Trinajstić information content (AvgIpc) is 3.97. The van der Waals surface area contributed by atoms with Gasteiger partial charge in [-0.15, -0.1) is 5.10 Å². The van der Waals surface area contributed by atoms with Crippen LogP contribution in [0.3, 0.4) is 0 Å². The number of carbonyl (C=O) groups is 2. The molecule has 62 heavy (non-hydrogen) atoms. The summed E-state index contributed by atoms with van der Waals surface area (Å²) in [5, 5.41) is 27.1. The number of carbonyl (C=O) groups excluding carboxylic acids is 2. The summed E-state index contributed by atoms with van der Waals surface area (Å²) < 4.78 is 14.9. The summed E-state index contributed by atoms with van der Waals surface area (Å²) in [7, 11) is -0.796. The van der Waals surface area contributed by atoms with E-state index < -0.39 is 13.7 Å². The van der Waals surface area contributed by atoms with E-state index in [1.165, 1.54) is 10.2 Å². The fraction of sp³-hybridized carbons (Fsp3) is 0.300. The van der Waals surface area contributed by atoms with Gasteiger partial charge >= 0.3 is 0 Å². The van der Waals surface area contributed by atoms with Crippen molar-refractivity contribution in [2.24, 2.45) is 11.0 Å². The SMILES string of the molecule is COc1ccc([Si](C)(C)[C@@H]2[C@@H](CCn3cc(C(CO)c4ccccc4)nn3)O[C@]3(C(=O)N(Cc4ccccc4)c4ccc(N5N=C(c6ccccc6)CCC5=O)cc43)[C@H]2C)cc1. The number of aliphatic hydroxyl groups excluding tert-OH is 1. The number of ether oxygens (including phenoxy) is 2. The third kappa shape index (κ3) is 7.35. The minimum absolute atomic E-state index is 0.0233. The molecular weight excluding hydrogens is 793 g/mol. The van der Waals surface area contributed by atoms with Crippen molar-refractivity contribution >= 4 is 42.2 Å². The van der Waals surface area contributed by atoms with Crippen LogP contribution in [0.1, 0.15) is 60.1 Å². The van der Waals surface area contributed by atoms with E-state index in [4.69, 9.17) is 14.6 Å². The molecule has 3 aliphatic heterocycles. The second kappa shape index (κ2) is 16.9. The van der Waals surface area contributed by atoms with Crippen molar-refractivity contribution in [3.8, 4) is 5.75 Å². The predicted molar refractivity (Wildman–Crippen MR) is 243 cm³/mol. The molecule has 5 aromatic carbocycles. The number of hydrazone groups is 1. The van der Waals surface area contributed by atoms with E-state index >= 15 is 4.79 Å². The molecule has 6 aromatic rings. The van der Waals surface area contributed by atoms with Gasteiger partial charge in [0.2, 0.25) is 5.91 Å². The molecule has 0 radical (unpaired) electrons. The second-order valence-corrected chi connectivity index (χ2v) is 21.9. The minimum Gasteiger partial charge on any atom is -0.497 e. The number of methoxy groups -OCH3 is 1. The first-order valence-corrected chi connectivity index (χ1v) is 24.5. The lowest BCUT2D eigenvalue weighted by atomic mass is 9.82. The first-order valence-electron chi connectivity index (χ1n) is 21.5. The molecule has 3 aliphatic rings. The van der Waals surface area contributed by atoms with Gasteiger partial charge in [-0.05, 0) is 59.0 Å². The molecular formula is C50H52N6O5Si. The smallest absolute Gasteiger partial charge is 0.264 e. The Bertz CT molecular complexity index is 2590. The van der Waals surface area contributed by atoms with Gasteiger partial charge in [0, 0.05) is 37.1 Å². The van der Waals surface area contributed by atoms with Crippen LogP contribution >= 0.6 is 0 Å². The average molecular weight is 845 g/mol. The van der Waals surface area contributed by atoms with Gasteiger partial charge in [-0.3, -0.25) is 14.3 Å². The van der Waals surface area contributed by atoms with E-state index in [0.29, 0.717) is 43.7 Å². The minimum atomic E-state index is -2.47. The van der Waals surface area contributed by atoms with Crippen LogP contribution in [0.2, 0.25) is 18.6 Å². The highest BCUT2D eigenvalue weighted by molar-refractivity contribution is 6.91. The zero-order valence-corrected chi connectivity index (χ0v) is 36.6. The number of fused-ring (bicyclic) bond motifs is 2. The van der Waals surface area contributed by atoms with Gasteiger partial charge in [-0.1, -0.05) is 134 Å². The molecule has 12 heteroatoms. The van der Waals surface area contributed by atoms with Crippen molar-refractivity contribution in [3.63, 3.8) is 0 Å². The van der Waals surface area contributed by atoms with Crippen LogP contribution in [0.5, 0.6) is 5.75 Å². The van der Waals surface area contributed by atoms with Crippen LogP contribution in [0, 0.1) is 5.92 Å². The van der Waals surface area contributed by atoms with Crippen LogP contribution in [0.15, 0.2) is 145 Å². The fourth-order valence-corrected chi connectivity index (χ4v) is 14.2. The summed E-state index contributed by atoms with van der Waals surface area (Å²) in [4.78, 5) is 31.2. The molecule has 11 nitrogen and oxygen atoms in total. The number of amides is 2. The summed E-state index contributed by atoms with van der Waals surface area (Å²) in [6.45, 7) is 7.69. The maximum atomic E-state index is 15.6. The van der Waals surface area contributed by atoms with Gasteiger partial charge in [0.1, 0.15) is 5.75 Å². The van der Waals surface area contributed by atoms with E-state index in [1.54, 1.807) is 7.11 Å². The Balaban J connectivity index is 1.13.